The van der Waals surface area contributed by atoms with Crippen LogP contribution in [0.3, 0.4) is 0 Å². The van der Waals surface area contributed by atoms with E-state index in [1.54, 1.807) is 0 Å². The van der Waals surface area contributed by atoms with Gasteiger partial charge in [0.2, 0.25) is 0 Å². The molecule has 0 radical (unpaired) electrons. The summed E-state index contributed by atoms with van der Waals surface area (Å²) in [7, 11) is 1.91. The van der Waals surface area contributed by atoms with E-state index in [4.69, 9.17) is 5.73 Å². The number of para-hydroxylation sites is 1. The van der Waals surface area contributed by atoms with Gasteiger partial charge in [-0.1, -0.05) is 70.2 Å². The van der Waals surface area contributed by atoms with Gasteiger partial charge in [0.25, 0.3) is 0 Å². The molecule has 0 atom stereocenters. The topological polar surface area (TPSA) is 50.1 Å². The lowest BCUT2D eigenvalue weighted by atomic mass is 9.97. The van der Waals surface area contributed by atoms with E-state index in [1.165, 1.54) is 5.56 Å². The van der Waals surface area contributed by atoms with Crippen LogP contribution in [-0.4, -0.2) is 7.05 Å². The van der Waals surface area contributed by atoms with Gasteiger partial charge >= 0.3 is 0 Å². The zero-order chi connectivity index (χ0) is 17.2. The Hall–Kier alpha value is -2.42. The quantitative estimate of drug-likeness (QED) is 0.717. The van der Waals surface area contributed by atoms with Crippen molar-refractivity contribution >= 4 is 17.1 Å². The Morgan fingerprint density at radius 1 is 0.870 bits per heavy atom. The first-order chi connectivity index (χ1) is 11.3. The summed E-state index contributed by atoms with van der Waals surface area (Å²) in [4.78, 5) is 0. The largest absolute Gasteiger partial charge is 0.396 e. The van der Waals surface area contributed by atoms with Gasteiger partial charge in [0.05, 0.1) is 11.4 Å². The van der Waals surface area contributed by atoms with Crippen LogP contribution in [0.1, 0.15) is 44.4 Å². The number of nitrogens with one attached hydrogen (secondary N) is 2. The smallest absolute Gasteiger partial charge is 0.0655 e. The number of anilines is 1. The first-order valence-corrected chi connectivity index (χ1v) is 8.40. The zero-order valence-corrected chi connectivity index (χ0v) is 14.9. The maximum atomic E-state index is 6.36. The third-order valence-electron chi connectivity index (χ3n) is 3.49. The van der Waals surface area contributed by atoms with E-state index < -0.39 is 0 Å². The average Bonchev–Trinajstić information content (AvgIpc) is 2.64. The fraction of sp³-hybridized carbons (Fsp3) is 0.300. The molecule has 23 heavy (non-hydrogen) atoms. The Kier molecular flexibility index (Phi) is 7.75. The molecule has 0 saturated heterocycles. The second-order valence-electron chi connectivity index (χ2n) is 4.59. The summed E-state index contributed by atoms with van der Waals surface area (Å²) in [5, 5.41) is 6.70. The minimum Gasteiger partial charge on any atom is -0.396 e. The molecule has 0 unspecified atom stereocenters. The molecule has 0 aliphatic carbocycles. The summed E-state index contributed by atoms with van der Waals surface area (Å²) < 4.78 is 0. The second-order valence-corrected chi connectivity index (χ2v) is 4.59. The molecule has 0 fully saturated rings. The van der Waals surface area contributed by atoms with Gasteiger partial charge in [0.1, 0.15) is 0 Å². The number of fused-ring (bicyclic) bond motifs is 2. The first kappa shape index (κ1) is 18.6. The van der Waals surface area contributed by atoms with Crippen molar-refractivity contribution in [3.05, 3.63) is 65.2 Å². The lowest BCUT2D eigenvalue weighted by Gasteiger charge is -2.22. The molecule has 3 rings (SSSR count). The fourth-order valence-electron chi connectivity index (χ4n) is 2.53. The van der Waals surface area contributed by atoms with Crippen molar-refractivity contribution in [2.45, 2.75) is 34.2 Å². The molecular weight excluding hydrogens is 282 g/mol. The minimum absolute atomic E-state index is 0.776. The minimum atomic E-state index is 0.776. The summed E-state index contributed by atoms with van der Waals surface area (Å²) in [5.41, 5.74) is 12.6. The van der Waals surface area contributed by atoms with Gasteiger partial charge in [-0.05, 0) is 11.6 Å². The lowest BCUT2D eigenvalue weighted by molar-refractivity contribution is 1.07. The predicted molar refractivity (Wildman–Crippen MR) is 103 cm³/mol. The molecule has 3 heteroatoms. The maximum absolute atomic E-state index is 6.36. The van der Waals surface area contributed by atoms with Gasteiger partial charge in [-0.15, -0.1) is 0 Å². The summed E-state index contributed by atoms with van der Waals surface area (Å²) >= 11 is 0. The van der Waals surface area contributed by atoms with Gasteiger partial charge in [0, 0.05) is 30.4 Å². The van der Waals surface area contributed by atoms with Crippen molar-refractivity contribution < 1.29 is 0 Å². The molecule has 3 nitrogen and oxygen atoms in total. The van der Waals surface area contributed by atoms with Gasteiger partial charge in [-0.25, -0.2) is 0 Å². The third-order valence-corrected chi connectivity index (χ3v) is 3.49. The van der Waals surface area contributed by atoms with Crippen LogP contribution in [0.2, 0.25) is 0 Å². The van der Waals surface area contributed by atoms with Crippen LogP contribution in [0.25, 0.3) is 11.4 Å². The van der Waals surface area contributed by atoms with E-state index in [9.17, 15) is 0 Å². The average molecular weight is 311 g/mol. The molecule has 1 aliphatic rings. The van der Waals surface area contributed by atoms with Gasteiger partial charge < -0.3 is 16.4 Å². The number of hydrogen-bond donors (Lipinski definition) is 3. The van der Waals surface area contributed by atoms with Crippen LogP contribution in [0.4, 0.5) is 5.69 Å². The Bertz CT molecular complexity index is 645. The molecular formula is C20H29N3. The molecule has 0 aromatic heterocycles. The highest BCUT2D eigenvalue weighted by Crippen LogP contribution is 2.30. The van der Waals surface area contributed by atoms with Crippen molar-refractivity contribution in [3.63, 3.8) is 0 Å². The van der Waals surface area contributed by atoms with E-state index in [-0.39, 0.29) is 0 Å². The second kappa shape index (κ2) is 9.57. The van der Waals surface area contributed by atoms with Gasteiger partial charge in [0.15, 0.2) is 0 Å². The third kappa shape index (κ3) is 4.07. The highest BCUT2D eigenvalue weighted by Gasteiger charge is 2.16. The SMILES string of the molecule is CC.CC.CN/C1=C(\N)c2ccccc2NCc2ccccc21. The molecule has 124 valence electrons. The summed E-state index contributed by atoms with van der Waals surface area (Å²) in [6.07, 6.45) is 0. The van der Waals surface area contributed by atoms with Crippen LogP contribution in [-0.2, 0) is 6.54 Å². The first-order valence-electron chi connectivity index (χ1n) is 8.40. The molecule has 4 N–H and O–H groups in total. The monoisotopic (exact) mass is 311 g/mol. The Labute approximate surface area is 140 Å². The highest BCUT2D eigenvalue weighted by atomic mass is 14.9. The van der Waals surface area contributed by atoms with Crippen LogP contribution < -0.4 is 16.4 Å². The van der Waals surface area contributed by atoms with E-state index in [0.717, 1.165) is 34.8 Å². The number of benzene rings is 2. The molecule has 2 aromatic rings. The Morgan fingerprint density at radius 3 is 2.09 bits per heavy atom. The summed E-state index contributed by atoms with van der Waals surface area (Å²) in [5.74, 6) is 0. The number of rotatable bonds is 1. The molecule has 2 aromatic carbocycles. The highest BCUT2D eigenvalue weighted by molar-refractivity contribution is 5.93. The predicted octanol–water partition coefficient (Wildman–Crippen LogP) is 4.67. The van der Waals surface area contributed by atoms with Crippen LogP contribution in [0.15, 0.2) is 48.5 Å². The molecule has 1 aliphatic heterocycles. The molecule has 0 amide bonds. The fourth-order valence-corrected chi connectivity index (χ4v) is 2.53. The van der Waals surface area contributed by atoms with Crippen molar-refractivity contribution in [3.8, 4) is 0 Å². The van der Waals surface area contributed by atoms with E-state index >= 15 is 0 Å². The number of hydrogen-bond acceptors (Lipinski definition) is 3. The van der Waals surface area contributed by atoms with Crippen molar-refractivity contribution in [2.24, 2.45) is 5.73 Å². The summed E-state index contributed by atoms with van der Waals surface area (Å²) in [6, 6.07) is 16.4. The van der Waals surface area contributed by atoms with Gasteiger partial charge in [-0.3, -0.25) is 0 Å². The van der Waals surface area contributed by atoms with Crippen LogP contribution >= 0.6 is 0 Å². The molecule has 1 heterocycles. The van der Waals surface area contributed by atoms with Crippen molar-refractivity contribution in [1.82, 2.24) is 5.32 Å². The van der Waals surface area contributed by atoms with Crippen molar-refractivity contribution in [1.29, 1.82) is 0 Å². The summed E-state index contributed by atoms with van der Waals surface area (Å²) in [6.45, 7) is 8.80. The normalized spacial score (nSPS) is 15.0. The van der Waals surface area contributed by atoms with E-state index in [1.807, 2.05) is 59.0 Å². The Balaban J connectivity index is 0.000000615. The van der Waals surface area contributed by atoms with E-state index in [0.29, 0.717) is 0 Å². The zero-order valence-electron chi connectivity index (χ0n) is 14.9. The van der Waals surface area contributed by atoms with Crippen LogP contribution in [0, 0.1) is 0 Å². The Morgan fingerprint density at radius 2 is 1.43 bits per heavy atom. The molecule has 0 saturated carbocycles. The maximum Gasteiger partial charge on any atom is 0.0655 e. The van der Waals surface area contributed by atoms with Gasteiger partial charge in [-0.2, -0.15) is 0 Å². The van der Waals surface area contributed by atoms with E-state index in [2.05, 4.69) is 34.9 Å². The van der Waals surface area contributed by atoms with Crippen molar-refractivity contribution in [2.75, 3.05) is 12.4 Å². The lowest BCUT2D eigenvalue weighted by Crippen LogP contribution is -2.18. The van der Waals surface area contributed by atoms with Crippen LogP contribution in [0.5, 0.6) is 0 Å². The molecule has 0 spiro atoms. The standard InChI is InChI=1S/C16H17N3.2C2H6/c1-18-16-12-7-3-2-6-11(12)10-19-14-9-5-4-8-13(14)15(16)17;2*1-2/h2-9,18-19H,10,17H2,1H3;2*1-2H3/b16-15-;;. The number of nitrogens with two attached hydrogens (primary N) is 1. The molecule has 0 bridgehead atoms.